The Morgan fingerprint density at radius 1 is 1.16 bits per heavy atom. The molecule has 2 aromatic carbocycles. The van der Waals surface area contributed by atoms with Crippen LogP contribution in [0.1, 0.15) is 22.3 Å². The van der Waals surface area contributed by atoms with Crippen LogP contribution in [0.3, 0.4) is 0 Å². The maximum absolute atomic E-state index is 13.0. The van der Waals surface area contributed by atoms with Gasteiger partial charge in [-0.05, 0) is 29.8 Å². The summed E-state index contributed by atoms with van der Waals surface area (Å²) >= 11 is 0. The van der Waals surface area contributed by atoms with E-state index in [2.05, 4.69) is 15.8 Å². The van der Waals surface area contributed by atoms with Crippen LogP contribution < -0.4 is 10.6 Å². The number of halogens is 1. The van der Waals surface area contributed by atoms with Crippen molar-refractivity contribution in [2.24, 2.45) is 5.16 Å². The van der Waals surface area contributed by atoms with Crippen LogP contribution in [0.15, 0.2) is 53.7 Å². The third kappa shape index (κ3) is 3.65. The van der Waals surface area contributed by atoms with Gasteiger partial charge in [0.2, 0.25) is 6.10 Å². The first-order chi connectivity index (χ1) is 12.1. The summed E-state index contributed by atoms with van der Waals surface area (Å²) in [5.74, 6) is -1.05. The molecule has 7 heteroatoms. The van der Waals surface area contributed by atoms with Gasteiger partial charge < -0.3 is 15.5 Å². The Hall–Kier alpha value is -3.22. The zero-order chi connectivity index (χ0) is 17.8. The van der Waals surface area contributed by atoms with E-state index in [0.29, 0.717) is 22.5 Å². The van der Waals surface area contributed by atoms with E-state index in [1.165, 1.54) is 19.2 Å². The van der Waals surface area contributed by atoms with Gasteiger partial charge in [0.15, 0.2) is 0 Å². The molecule has 2 N–H and O–H groups in total. The average molecular weight is 341 g/mol. The number of carbonyl (C=O) groups is 2. The zero-order valence-corrected chi connectivity index (χ0v) is 13.5. The van der Waals surface area contributed by atoms with Gasteiger partial charge in [-0.25, -0.2) is 4.39 Å². The van der Waals surface area contributed by atoms with Crippen molar-refractivity contribution in [1.82, 2.24) is 5.32 Å². The fourth-order valence-electron chi connectivity index (χ4n) is 2.47. The van der Waals surface area contributed by atoms with Gasteiger partial charge >= 0.3 is 0 Å². The summed E-state index contributed by atoms with van der Waals surface area (Å²) in [5.41, 5.74) is 2.02. The van der Waals surface area contributed by atoms with Crippen LogP contribution in [0.2, 0.25) is 0 Å². The Labute approximate surface area is 143 Å². The van der Waals surface area contributed by atoms with Crippen LogP contribution in [-0.2, 0) is 9.63 Å². The van der Waals surface area contributed by atoms with Crippen molar-refractivity contribution >= 4 is 23.2 Å². The molecule has 6 nitrogen and oxygen atoms in total. The summed E-state index contributed by atoms with van der Waals surface area (Å²) in [4.78, 5) is 29.5. The summed E-state index contributed by atoms with van der Waals surface area (Å²) in [5, 5.41) is 9.12. The van der Waals surface area contributed by atoms with E-state index >= 15 is 0 Å². The molecule has 1 heterocycles. The third-order valence-corrected chi connectivity index (χ3v) is 3.80. The minimum absolute atomic E-state index is 0.263. The lowest BCUT2D eigenvalue weighted by Crippen LogP contribution is -2.29. The van der Waals surface area contributed by atoms with Crippen molar-refractivity contribution in [3.8, 4) is 0 Å². The van der Waals surface area contributed by atoms with Crippen LogP contribution in [-0.4, -0.2) is 30.7 Å². The number of hydrogen-bond acceptors (Lipinski definition) is 4. The van der Waals surface area contributed by atoms with E-state index in [1.807, 2.05) is 0 Å². The molecular weight excluding hydrogens is 325 g/mol. The number of amides is 2. The fourth-order valence-corrected chi connectivity index (χ4v) is 2.47. The molecule has 0 saturated carbocycles. The minimum atomic E-state index is -0.808. The first-order valence-electron chi connectivity index (χ1n) is 7.69. The SMILES string of the molecule is CNC(=O)c1ccccc1NC(=O)C1CC(c2ccc(F)cc2)=NO1. The Kier molecular flexibility index (Phi) is 4.74. The molecule has 0 fully saturated rings. The largest absolute Gasteiger partial charge is 0.382 e. The molecule has 2 amide bonds. The molecule has 1 atom stereocenters. The number of oxime groups is 1. The van der Waals surface area contributed by atoms with E-state index in [1.54, 1.807) is 36.4 Å². The highest BCUT2D eigenvalue weighted by atomic mass is 19.1. The quantitative estimate of drug-likeness (QED) is 0.896. The molecule has 25 heavy (non-hydrogen) atoms. The van der Waals surface area contributed by atoms with Gasteiger partial charge in [-0.15, -0.1) is 0 Å². The molecule has 0 spiro atoms. The van der Waals surface area contributed by atoms with Crippen LogP contribution in [0, 0.1) is 5.82 Å². The van der Waals surface area contributed by atoms with Gasteiger partial charge in [-0.2, -0.15) is 0 Å². The van der Waals surface area contributed by atoms with Crippen LogP contribution >= 0.6 is 0 Å². The number of nitrogens with zero attached hydrogens (tertiary/aromatic N) is 1. The van der Waals surface area contributed by atoms with Crippen molar-refractivity contribution in [3.05, 3.63) is 65.5 Å². The summed E-state index contributed by atoms with van der Waals surface area (Å²) in [6.07, 6.45) is -0.544. The fraction of sp³-hybridized carbons (Fsp3) is 0.167. The van der Waals surface area contributed by atoms with Crippen molar-refractivity contribution in [2.75, 3.05) is 12.4 Å². The molecule has 0 aromatic heterocycles. The molecule has 128 valence electrons. The van der Waals surface area contributed by atoms with Gasteiger partial charge in [0, 0.05) is 13.5 Å². The highest BCUT2D eigenvalue weighted by Gasteiger charge is 2.29. The minimum Gasteiger partial charge on any atom is -0.382 e. The first-order valence-corrected chi connectivity index (χ1v) is 7.69. The molecule has 0 bridgehead atoms. The first kappa shape index (κ1) is 16.6. The van der Waals surface area contributed by atoms with Gasteiger partial charge in [0.25, 0.3) is 11.8 Å². The van der Waals surface area contributed by atoms with E-state index in [-0.39, 0.29) is 18.1 Å². The van der Waals surface area contributed by atoms with Crippen LogP contribution in [0.25, 0.3) is 0 Å². The standard InChI is InChI=1S/C18H16FN3O3/c1-20-17(23)13-4-2-3-5-14(13)21-18(24)16-10-15(22-25-16)11-6-8-12(19)9-7-11/h2-9,16H,10H2,1H3,(H,20,23)(H,21,24). The molecule has 0 radical (unpaired) electrons. The number of carbonyl (C=O) groups excluding carboxylic acids is 2. The Bertz CT molecular complexity index is 834. The summed E-state index contributed by atoms with van der Waals surface area (Å²) in [7, 11) is 1.52. The van der Waals surface area contributed by atoms with E-state index in [0.717, 1.165) is 0 Å². The number of hydrogen-bond donors (Lipinski definition) is 2. The lowest BCUT2D eigenvalue weighted by Gasteiger charge is -2.12. The Balaban J connectivity index is 1.68. The molecule has 1 aliphatic heterocycles. The Morgan fingerprint density at radius 3 is 2.60 bits per heavy atom. The predicted molar refractivity (Wildman–Crippen MR) is 90.9 cm³/mol. The number of benzene rings is 2. The van der Waals surface area contributed by atoms with Crippen molar-refractivity contribution in [2.45, 2.75) is 12.5 Å². The highest BCUT2D eigenvalue weighted by Crippen LogP contribution is 2.20. The molecule has 0 aliphatic carbocycles. The van der Waals surface area contributed by atoms with E-state index in [9.17, 15) is 14.0 Å². The number of para-hydroxylation sites is 1. The van der Waals surface area contributed by atoms with Gasteiger partial charge in [-0.3, -0.25) is 9.59 Å². The lowest BCUT2D eigenvalue weighted by molar-refractivity contribution is -0.125. The molecule has 1 unspecified atom stereocenters. The smallest absolute Gasteiger partial charge is 0.268 e. The average Bonchev–Trinajstić information content (AvgIpc) is 3.12. The molecule has 0 saturated heterocycles. The third-order valence-electron chi connectivity index (χ3n) is 3.80. The normalized spacial score (nSPS) is 15.9. The zero-order valence-electron chi connectivity index (χ0n) is 13.5. The number of rotatable bonds is 4. The molecular formula is C18H16FN3O3. The van der Waals surface area contributed by atoms with E-state index < -0.39 is 12.0 Å². The highest BCUT2D eigenvalue weighted by molar-refractivity contribution is 6.08. The maximum atomic E-state index is 13.0. The lowest BCUT2D eigenvalue weighted by atomic mass is 10.0. The molecule has 2 aromatic rings. The summed E-state index contributed by atoms with van der Waals surface area (Å²) in [6, 6.07) is 12.5. The number of nitrogens with one attached hydrogen (secondary N) is 2. The van der Waals surface area contributed by atoms with Gasteiger partial charge in [0.1, 0.15) is 5.82 Å². The predicted octanol–water partition coefficient (Wildman–Crippen LogP) is 2.32. The van der Waals surface area contributed by atoms with Gasteiger partial charge in [0.05, 0.1) is 17.0 Å². The number of anilines is 1. The monoisotopic (exact) mass is 341 g/mol. The molecule has 3 rings (SSSR count). The molecule has 1 aliphatic rings. The topological polar surface area (TPSA) is 79.8 Å². The second kappa shape index (κ2) is 7.12. The maximum Gasteiger partial charge on any atom is 0.268 e. The second-order valence-electron chi connectivity index (χ2n) is 5.46. The van der Waals surface area contributed by atoms with Crippen LogP contribution in [0.5, 0.6) is 0 Å². The summed E-state index contributed by atoms with van der Waals surface area (Å²) < 4.78 is 13.0. The van der Waals surface area contributed by atoms with Crippen molar-refractivity contribution in [3.63, 3.8) is 0 Å². The van der Waals surface area contributed by atoms with E-state index in [4.69, 9.17) is 4.84 Å². The summed E-state index contributed by atoms with van der Waals surface area (Å²) in [6.45, 7) is 0. The van der Waals surface area contributed by atoms with Crippen molar-refractivity contribution in [1.29, 1.82) is 0 Å². The van der Waals surface area contributed by atoms with Crippen LogP contribution in [0.4, 0.5) is 10.1 Å². The van der Waals surface area contributed by atoms with Crippen molar-refractivity contribution < 1.29 is 18.8 Å². The Morgan fingerprint density at radius 2 is 1.88 bits per heavy atom. The van der Waals surface area contributed by atoms with Gasteiger partial charge in [-0.1, -0.05) is 29.4 Å². The second-order valence-corrected chi connectivity index (χ2v) is 5.46.